The van der Waals surface area contributed by atoms with Crippen molar-refractivity contribution >= 4 is 22.8 Å². The van der Waals surface area contributed by atoms with Crippen LogP contribution in [0.3, 0.4) is 0 Å². The molecule has 1 aliphatic heterocycles. The van der Waals surface area contributed by atoms with Crippen LogP contribution in [0.1, 0.15) is 29.1 Å². The van der Waals surface area contributed by atoms with Crippen LogP contribution in [-0.4, -0.2) is 31.7 Å². The SMILES string of the molecule is C[C@H](NC(=O)COC(=O)c1ccc2c(c1)OCCO2)c1cc2ccccc2o1. The number of benzene rings is 2. The summed E-state index contributed by atoms with van der Waals surface area (Å²) in [6.07, 6.45) is 0. The zero-order chi connectivity index (χ0) is 19.5. The number of para-hydroxylation sites is 1. The molecule has 1 aromatic heterocycles. The lowest BCUT2D eigenvalue weighted by Gasteiger charge is -2.18. The van der Waals surface area contributed by atoms with Gasteiger partial charge in [0.15, 0.2) is 18.1 Å². The summed E-state index contributed by atoms with van der Waals surface area (Å²) in [6, 6.07) is 13.9. The van der Waals surface area contributed by atoms with Crippen LogP contribution < -0.4 is 14.8 Å². The number of carbonyl (C=O) groups is 2. The number of carbonyl (C=O) groups excluding carboxylic acids is 2. The second kappa shape index (κ2) is 7.64. The minimum absolute atomic E-state index is 0.294. The maximum absolute atomic E-state index is 12.2. The van der Waals surface area contributed by atoms with E-state index in [2.05, 4.69) is 5.32 Å². The van der Waals surface area contributed by atoms with Crippen molar-refractivity contribution in [2.45, 2.75) is 13.0 Å². The first kappa shape index (κ1) is 17.9. The molecule has 0 unspecified atom stereocenters. The molecular weight excluding hydrogens is 362 g/mol. The molecule has 0 saturated carbocycles. The highest BCUT2D eigenvalue weighted by Crippen LogP contribution is 2.31. The summed E-state index contributed by atoms with van der Waals surface area (Å²) in [5, 5.41) is 3.72. The standard InChI is InChI=1S/C21H19NO6/c1-13(18-10-14-4-2-3-5-16(14)28-18)22-20(23)12-27-21(24)15-6-7-17-19(11-15)26-9-8-25-17/h2-7,10-11,13H,8-9,12H2,1H3,(H,22,23)/t13-/m0/s1. The molecule has 0 radical (unpaired) electrons. The number of ether oxygens (including phenoxy) is 3. The Morgan fingerprint density at radius 2 is 1.86 bits per heavy atom. The number of furan rings is 1. The van der Waals surface area contributed by atoms with E-state index in [0.717, 1.165) is 11.0 Å². The lowest BCUT2D eigenvalue weighted by Crippen LogP contribution is -2.31. The second-order valence-corrected chi connectivity index (χ2v) is 6.41. The van der Waals surface area contributed by atoms with Gasteiger partial charge in [-0.2, -0.15) is 0 Å². The first-order valence-corrected chi connectivity index (χ1v) is 8.95. The zero-order valence-corrected chi connectivity index (χ0v) is 15.3. The van der Waals surface area contributed by atoms with E-state index >= 15 is 0 Å². The van der Waals surface area contributed by atoms with Crippen molar-refractivity contribution in [3.63, 3.8) is 0 Å². The monoisotopic (exact) mass is 381 g/mol. The molecule has 1 amide bonds. The predicted octanol–water partition coefficient (Wildman–Crippen LogP) is 3.24. The minimum Gasteiger partial charge on any atom is -0.486 e. The Bertz CT molecular complexity index is 992. The normalized spacial score (nSPS) is 13.8. The summed E-state index contributed by atoms with van der Waals surface area (Å²) in [5.41, 5.74) is 1.05. The molecule has 0 spiro atoms. The molecule has 0 fully saturated rings. The fourth-order valence-corrected chi connectivity index (χ4v) is 2.95. The minimum atomic E-state index is -0.608. The van der Waals surface area contributed by atoms with Crippen LogP contribution in [0, 0.1) is 0 Å². The van der Waals surface area contributed by atoms with Gasteiger partial charge in [-0.25, -0.2) is 4.79 Å². The van der Waals surface area contributed by atoms with Gasteiger partial charge in [0.05, 0.1) is 11.6 Å². The third-order valence-corrected chi connectivity index (χ3v) is 4.36. The third-order valence-electron chi connectivity index (χ3n) is 4.36. The molecule has 0 aliphatic carbocycles. The van der Waals surface area contributed by atoms with Gasteiger partial charge < -0.3 is 23.9 Å². The molecule has 1 N–H and O–H groups in total. The Hall–Kier alpha value is -3.48. The van der Waals surface area contributed by atoms with Crippen LogP contribution in [-0.2, 0) is 9.53 Å². The maximum atomic E-state index is 12.2. The van der Waals surface area contributed by atoms with Gasteiger partial charge in [0.1, 0.15) is 24.6 Å². The maximum Gasteiger partial charge on any atom is 0.338 e. The number of nitrogens with one attached hydrogen (secondary N) is 1. The highest BCUT2D eigenvalue weighted by atomic mass is 16.6. The lowest BCUT2D eigenvalue weighted by atomic mass is 10.2. The number of hydrogen-bond acceptors (Lipinski definition) is 6. The summed E-state index contributed by atoms with van der Waals surface area (Å²) < 4.78 is 21.7. The van der Waals surface area contributed by atoms with E-state index in [-0.39, 0.29) is 6.04 Å². The highest BCUT2D eigenvalue weighted by Gasteiger charge is 2.18. The molecule has 0 saturated heterocycles. The van der Waals surface area contributed by atoms with E-state index in [0.29, 0.717) is 36.0 Å². The van der Waals surface area contributed by atoms with E-state index in [4.69, 9.17) is 18.6 Å². The fraction of sp³-hybridized carbons (Fsp3) is 0.238. The van der Waals surface area contributed by atoms with Gasteiger partial charge >= 0.3 is 5.97 Å². The van der Waals surface area contributed by atoms with Crippen molar-refractivity contribution in [1.29, 1.82) is 0 Å². The third kappa shape index (κ3) is 3.78. The molecule has 7 nitrogen and oxygen atoms in total. The van der Waals surface area contributed by atoms with E-state index in [1.54, 1.807) is 25.1 Å². The summed E-state index contributed by atoms with van der Waals surface area (Å²) in [7, 11) is 0. The first-order chi connectivity index (χ1) is 13.6. The Kier molecular flexibility index (Phi) is 4.89. The first-order valence-electron chi connectivity index (χ1n) is 8.95. The van der Waals surface area contributed by atoms with Crippen LogP contribution >= 0.6 is 0 Å². The van der Waals surface area contributed by atoms with Gasteiger partial charge in [0.2, 0.25) is 0 Å². The van der Waals surface area contributed by atoms with Crippen LogP contribution in [0.4, 0.5) is 0 Å². The van der Waals surface area contributed by atoms with E-state index in [1.165, 1.54) is 0 Å². The Labute approximate surface area is 161 Å². The van der Waals surface area contributed by atoms with Crippen molar-refractivity contribution < 1.29 is 28.2 Å². The summed E-state index contributed by atoms with van der Waals surface area (Å²) in [6.45, 7) is 2.31. The van der Waals surface area contributed by atoms with Crippen molar-refractivity contribution in [2.24, 2.45) is 0 Å². The van der Waals surface area contributed by atoms with Crippen molar-refractivity contribution in [2.75, 3.05) is 19.8 Å². The zero-order valence-electron chi connectivity index (χ0n) is 15.3. The van der Waals surface area contributed by atoms with Gasteiger partial charge in [-0.05, 0) is 37.3 Å². The molecule has 144 valence electrons. The fourth-order valence-electron chi connectivity index (χ4n) is 2.95. The van der Waals surface area contributed by atoms with Crippen LogP contribution in [0.2, 0.25) is 0 Å². The predicted molar refractivity (Wildman–Crippen MR) is 100 cm³/mol. The van der Waals surface area contributed by atoms with Gasteiger partial charge in [0, 0.05) is 5.39 Å². The number of fused-ring (bicyclic) bond motifs is 2. The van der Waals surface area contributed by atoms with Gasteiger partial charge in [-0.3, -0.25) is 4.79 Å². The average Bonchev–Trinajstić information content (AvgIpc) is 3.16. The van der Waals surface area contributed by atoms with Crippen LogP contribution in [0.5, 0.6) is 11.5 Å². The van der Waals surface area contributed by atoms with Gasteiger partial charge in [-0.1, -0.05) is 18.2 Å². The van der Waals surface area contributed by atoms with E-state index in [9.17, 15) is 9.59 Å². The van der Waals surface area contributed by atoms with Crippen LogP contribution in [0.25, 0.3) is 11.0 Å². The highest BCUT2D eigenvalue weighted by molar-refractivity contribution is 5.92. The van der Waals surface area contributed by atoms with E-state index < -0.39 is 18.5 Å². The number of rotatable bonds is 5. The molecular formula is C21H19NO6. The molecule has 4 rings (SSSR count). The summed E-state index contributed by atoms with van der Waals surface area (Å²) in [5.74, 6) is 0.680. The quantitative estimate of drug-likeness (QED) is 0.683. The molecule has 1 atom stereocenters. The largest absolute Gasteiger partial charge is 0.486 e. The average molecular weight is 381 g/mol. The smallest absolute Gasteiger partial charge is 0.338 e. The molecule has 0 bridgehead atoms. The Balaban J connectivity index is 1.33. The Morgan fingerprint density at radius 3 is 2.68 bits per heavy atom. The number of amides is 1. The summed E-state index contributed by atoms with van der Waals surface area (Å²) in [4.78, 5) is 24.3. The Morgan fingerprint density at radius 1 is 1.07 bits per heavy atom. The van der Waals surface area contributed by atoms with Gasteiger partial charge in [0.25, 0.3) is 5.91 Å². The molecule has 1 aliphatic rings. The summed E-state index contributed by atoms with van der Waals surface area (Å²) >= 11 is 0. The second-order valence-electron chi connectivity index (χ2n) is 6.41. The molecule has 2 heterocycles. The van der Waals surface area contributed by atoms with E-state index in [1.807, 2.05) is 30.3 Å². The molecule has 2 aromatic carbocycles. The number of esters is 1. The van der Waals surface area contributed by atoms with Crippen molar-refractivity contribution in [1.82, 2.24) is 5.32 Å². The topological polar surface area (TPSA) is 87.0 Å². The lowest BCUT2D eigenvalue weighted by molar-refractivity contribution is -0.125. The molecule has 3 aromatic rings. The molecule has 7 heteroatoms. The molecule has 28 heavy (non-hydrogen) atoms. The van der Waals surface area contributed by atoms with Crippen molar-refractivity contribution in [3.05, 3.63) is 59.9 Å². The number of hydrogen-bond donors (Lipinski definition) is 1. The van der Waals surface area contributed by atoms with Gasteiger partial charge in [-0.15, -0.1) is 0 Å². The van der Waals surface area contributed by atoms with Crippen molar-refractivity contribution in [3.8, 4) is 11.5 Å². The van der Waals surface area contributed by atoms with Crippen LogP contribution in [0.15, 0.2) is 52.9 Å².